The summed E-state index contributed by atoms with van der Waals surface area (Å²) in [6.45, 7) is 1.89. The van der Waals surface area contributed by atoms with Gasteiger partial charge in [0.25, 0.3) is 0 Å². The molecule has 0 aromatic carbocycles. The zero-order valence-electron chi connectivity index (χ0n) is 6.95. The molecule has 0 spiro atoms. The summed E-state index contributed by atoms with van der Waals surface area (Å²) in [5, 5.41) is 11.9. The van der Waals surface area contributed by atoms with E-state index in [2.05, 4.69) is 11.1 Å². The maximum atomic E-state index is 8.67. The normalized spacial score (nSPS) is 18.7. The van der Waals surface area contributed by atoms with Crippen molar-refractivity contribution in [1.29, 1.82) is 5.26 Å². The smallest absolute Gasteiger partial charge is 0.0959 e. The van der Waals surface area contributed by atoms with Gasteiger partial charge in [-0.05, 0) is 19.8 Å². The van der Waals surface area contributed by atoms with Crippen LogP contribution in [0, 0.1) is 11.3 Å². The number of thiazole rings is 1. The number of nitrogens with zero attached hydrogens (tertiary/aromatic N) is 2. The lowest BCUT2D eigenvalue weighted by Gasteiger charge is -1.93. The molecule has 62 valence electrons. The molecule has 1 heterocycles. The summed E-state index contributed by atoms with van der Waals surface area (Å²) >= 11 is 1.70. The molecule has 1 fully saturated rings. The van der Waals surface area contributed by atoms with Crippen molar-refractivity contribution < 1.29 is 0 Å². The van der Waals surface area contributed by atoms with Crippen LogP contribution in [0.15, 0.2) is 5.38 Å². The summed E-state index contributed by atoms with van der Waals surface area (Å²) in [5.41, 5.74) is 0.949. The monoisotopic (exact) mass is 178 g/mol. The van der Waals surface area contributed by atoms with Gasteiger partial charge in [0.2, 0.25) is 0 Å². The second kappa shape index (κ2) is 2.87. The Balaban J connectivity index is 2.18. The first-order valence-electron chi connectivity index (χ1n) is 4.16. The van der Waals surface area contributed by atoms with E-state index in [1.54, 1.807) is 11.3 Å². The van der Waals surface area contributed by atoms with Crippen LogP contribution in [-0.2, 0) is 0 Å². The second-order valence-corrected chi connectivity index (χ2v) is 4.13. The predicted octanol–water partition coefficient (Wildman–Crippen LogP) is 2.65. The van der Waals surface area contributed by atoms with Gasteiger partial charge in [-0.15, -0.1) is 11.3 Å². The van der Waals surface area contributed by atoms with Crippen molar-refractivity contribution in [3.63, 3.8) is 0 Å². The standard InChI is InChI=1S/C9H10N2S/c1-6(4-10)8-5-12-9(11-8)7-2-3-7/h5-7H,2-3H2,1H3. The molecule has 2 nitrogen and oxygen atoms in total. The highest BCUT2D eigenvalue weighted by atomic mass is 32.1. The average Bonchev–Trinajstić information content (AvgIpc) is 2.83. The van der Waals surface area contributed by atoms with Crippen LogP contribution in [0.25, 0.3) is 0 Å². The zero-order valence-corrected chi connectivity index (χ0v) is 7.77. The van der Waals surface area contributed by atoms with Crippen LogP contribution >= 0.6 is 11.3 Å². The molecule has 1 aliphatic rings. The van der Waals surface area contributed by atoms with E-state index in [0.29, 0.717) is 0 Å². The topological polar surface area (TPSA) is 36.7 Å². The van der Waals surface area contributed by atoms with E-state index < -0.39 is 0 Å². The molecule has 0 N–H and O–H groups in total. The molecule has 12 heavy (non-hydrogen) atoms. The highest BCUT2D eigenvalue weighted by Gasteiger charge is 2.27. The van der Waals surface area contributed by atoms with Crippen LogP contribution < -0.4 is 0 Å². The molecular weight excluding hydrogens is 168 g/mol. The second-order valence-electron chi connectivity index (χ2n) is 3.24. The Morgan fingerprint density at radius 1 is 1.75 bits per heavy atom. The molecule has 1 atom stereocenters. The van der Waals surface area contributed by atoms with Crippen molar-refractivity contribution in [2.24, 2.45) is 0 Å². The van der Waals surface area contributed by atoms with Crippen molar-refractivity contribution >= 4 is 11.3 Å². The summed E-state index contributed by atoms with van der Waals surface area (Å²) < 4.78 is 0. The molecule has 1 aromatic rings. The number of nitriles is 1. The summed E-state index contributed by atoms with van der Waals surface area (Å²) in [4.78, 5) is 4.44. The maximum Gasteiger partial charge on any atom is 0.0959 e. The zero-order chi connectivity index (χ0) is 8.55. The van der Waals surface area contributed by atoms with Crippen molar-refractivity contribution in [3.05, 3.63) is 16.1 Å². The lowest BCUT2D eigenvalue weighted by molar-refractivity contribution is 0.912. The fourth-order valence-corrected chi connectivity index (χ4v) is 2.17. The van der Waals surface area contributed by atoms with Gasteiger partial charge in [0.15, 0.2) is 0 Å². The van der Waals surface area contributed by atoms with E-state index in [4.69, 9.17) is 5.26 Å². The van der Waals surface area contributed by atoms with E-state index in [1.807, 2.05) is 12.3 Å². The number of hydrogen-bond acceptors (Lipinski definition) is 3. The first-order valence-corrected chi connectivity index (χ1v) is 5.04. The molecule has 0 amide bonds. The number of aromatic nitrogens is 1. The van der Waals surface area contributed by atoms with E-state index in [0.717, 1.165) is 11.6 Å². The van der Waals surface area contributed by atoms with Gasteiger partial charge in [0, 0.05) is 11.3 Å². The van der Waals surface area contributed by atoms with E-state index >= 15 is 0 Å². The van der Waals surface area contributed by atoms with Gasteiger partial charge in [-0.25, -0.2) is 4.98 Å². The van der Waals surface area contributed by atoms with Crippen molar-refractivity contribution in [2.45, 2.75) is 31.6 Å². The molecular formula is C9H10N2S. The minimum Gasteiger partial charge on any atom is -0.245 e. The van der Waals surface area contributed by atoms with E-state index in [9.17, 15) is 0 Å². The minimum atomic E-state index is -0.0475. The lowest BCUT2D eigenvalue weighted by Crippen LogP contribution is -1.89. The Kier molecular flexibility index (Phi) is 1.86. The summed E-state index contributed by atoms with van der Waals surface area (Å²) in [6.07, 6.45) is 2.57. The summed E-state index contributed by atoms with van der Waals surface area (Å²) in [6, 6.07) is 2.20. The largest absolute Gasteiger partial charge is 0.245 e. The van der Waals surface area contributed by atoms with Crippen LogP contribution in [0.4, 0.5) is 0 Å². The van der Waals surface area contributed by atoms with Gasteiger partial charge in [0.05, 0.1) is 22.7 Å². The van der Waals surface area contributed by atoms with Crippen LogP contribution in [0.1, 0.15) is 42.3 Å². The predicted molar refractivity (Wildman–Crippen MR) is 48.1 cm³/mol. The van der Waals surface area contributed by atoms with Gasteiger partial charge in [0.1, 0.15) is 0 Å². The molecule has 0 radical (unpaired) electrons. The fraction of sp³-hybridized carbons (Fsp3) is 0.556. The lowest BCUT2D eigenvalue weighted by atomic mass is 10.1. The molecule has 0 saturated heterocycles. The Labute approximate surface area is 75.9 Å². The minimum absolute atomic E-state index is 0.0475. The van der Waals surface area contributed by atoms with Gasteiger partial charge < -0.3 is 0 Å². The number of hydrogen-bond donors (Lipinski definition) is 0. The molecule has 3 heteroatoms. The Bertz CT molecular complexity index is 320. The van der Waals surface area contributed by atoms with E-state index in [-0.39, 0.29) is 5.92 Å². The molecule has 1 saturated carbocycles. The molecule has 2 rings (SSSR count). The Morgan fingerprint density at radius 2 is 2.50 bits per heavy atom. The van der Waals surface area contributed by atoms with Gasteiger partial charge >= 0.3 is 0 Å². The highest BCUT2D eigenvalue weighted by Crippen LogP contribution is 2.41. The summed E-state index contributed by atoms with van der Waals surface area (Å²) in [5.74, 6) is 0.670. The van der Waals surface area contributed by atoms with Crippen molar-refractivity contribution in [2.75, 3.05) is 0 Å². The maximum absolute atomic E-state index is 8.67. The third-order valence-electron chi connectivity index (χ3n) is 2.10. The first kappa shape index (κ1) is 7.75. The molecule has 1 unspecified atom stereocenters. The first-order chi connectivity index (χ1) is 5.81. The van der Waals surface area contributed by atoms with Crippen LogP contribution in [-0.4, -0.2) is 4.98 Å². The van der Waals surface area contributed by atoms with Crippen molar-refractivity contribution in [1.82, 2.24) is 4.98 Å². The molecule has 0 bridgehead atoms. The molecule has 1 aromatic heterocycles. The van der Waals surface area contributed by atoms with Crippen LogP contribution in [0.2, 0.25) is 0 Å². The van der Waals surface area contributed by atoms with Gasteiger partial charge in [-0.3, -0.25) is 0 Å². The third kappa shape index (κ3) is 1.35. The van der Waals surface area contributed by atoms with E-state index in [1.165, 1.54) is 17.8 Å². The fourth-order valence-electron chi connectivity index (χ4n) is 1.08. The molecule has 1 aliphatic carbocycles. The highest BCUT2D eigenvalue weighted by molar-refractivity contribution is 7.09. The average molecular weight is 178 g/mol. The van der Waals surface area contributed by atoms with Gasteiger partial charge in [-0.1, -0.05) is 0 Å². The number of rotatable bonds is 2. The quantitative estimate of drug-likeness (QED) is 0.698. The Hall–Kier alpha value is -0.880. The van der Waals surface area contributed by atoms with Crippen LogP contribution in [0.3, 0.4) is 0 Å². The SMILES string of the molecule is CC(C#N)c1csc(C2CC2)n1. The van der Waals surface area contributed by atoms with Crippen LogP contribution in [0.5, 0.6) is 0 Å². The Morgan fingerprint density at radius 3 is 3.08 bits per heavy atom. The van der Waals surface area contributed by atoms with Gasteiger partial charge in [-0.2, -0.15) is 5.26 Å². The summed E-state index contributed by atoms with van der Waals surface area (Å²) in [7, 11) is 0. The van der Waals surface area contributed by atoms with Crippen molar-refractivity contribution in [3.8, 4) is 6.07 Å². The molecule has 0 aliphatic heterocycles. The third-order valence-corrected chi connectivity index (χ3v) is 3.13.